The first-order chi connectivity index (χ1) is 12.5. The lowest BCUT2D eigenvalue weighted by atomic mass is 10.0. The van der Waals surface area contributed by atoms with Crippen molar-refractivity contribution in [3.05, 3.63) is 70.2 Å². The molecule has 0 amide bonds. The maximum Gasteiger partial charge on any atom is 0.192 e. The summed E-state index contributed by atoms with van der Waals surface area (Å²) in [7, 11) is 0.300. The van der Waals surface area contributed by atoms with Gasteiger partial charge in [-0.15, -0.1) is 0 Å². The highest BCUT2D eigenvalue weighted by Crippen LogP contribution is 2.41. The minimum atomic E-state index is -1.89. The molecule has 27 heavy (non-hydrogen) atoms. The molecule has 0 N–H and O–H groups in total. The Morgan fingerprint density at radius 2 is 1.56 bits per heavy atom. The maximum atomic E-state index is 6.92. The van der Waals surface area contributed by atoms with Crippen molar-refractivity contribution < 1.29 is 4.43 Å². The van der Waals surface area contributed by atoms with Crippen molar-refractivity contribution >= 4 is 24.2 Å². The molecule has 2 nitrogen and oxygen atoms in total. The Hall–Kier alpha value is -0.943. The molecule has 0 aliphatic carbocycles. The van der Waals surface area contributed by atoms with Crippen molar-refractivity contribution in [1.82, 2.24) is 4.90 Å². The summed E-state index contributed by atoms with van der Waals surface area (Å²) >= 11 is 3.52. The monoisotopic (exact) mass is 447 g/mol. The molecule has 2 aromatic carbocycles. The highest BCUT2D eigenvalue weighted by Gasteiger charge is 2.41. The molecule has 2 aromatic rings. The van der Waals surface area contributed by atoms with E-state index in [2.05, 4.69) is 123 Å². The first kappa shape index (κ1) is 22.3. The largest absolute Gasteiger partial charge is 0.408 e. The van der Waals surface area contributed by atoms with Crippen LogP contribution in [0, 0.1) is 0 Å². The topological polar surface area (TPSA) is 12.5 Å². The van der Waals surface area contributed by atoms with Gasteiger partial charge < -0.3 is 4.43 Å². The second kappa shape index (κ2) is 9.04. The normalized spacial score (nSPS) is 15.0. The average molecular weight is 449 g/mol. The van der Waals surface area contributed by atoms with Crippen molar-refractivity contribution in [1.29, 1.82) is 0 Å². The smallest absolute Gasteiger partial charge is 0.192 e. The number of benzene rings is 2. The average Bonchev–Trinajstić information content (AvgIpc) is 2.61. The molecule has 0 unspecified atom stereocenters. The third kappa shape index (κ3) is 6.02. The highest BCUT2D eigenvalue weighted by atomic mass is 79.9. The van der Waals surface area contributed by atoms with E-state index in [4.69, 9.17) is 4.43 Å². The Morgan fingerprint density at radius 1 is 1.00 bits per heavy atom. The van der Waals surface area contributed by atoms with Crippen LogP contribution >= 0.6 is 15.9 Å². The van der Waals surface area contributed by atoms with Gasteiger partial charge in [0, 0.05) is 17.1 Å². The zero-order chi connectivity index (χ0) is 20.2. The van der Waals surface area contributed by atoms with Crippen LogP contribution in [0.25, 0.3) is 0 Å². The Bertz CT molecular complexity index is 709. The number of rotatable bonds is 7. The number of likely N-dealkylation sites (N-methyl/N-ethyl adjacent to an activating group) is 1. The zero-order valence-corrected chi connectivity index (χ0v) is 20.4. The fourth-order valence-electron chi connectivity index (χ4n) is 2.83. The van der Waals surface area contributed by atoms with Crippen LogP contribution in [-0.4, -0.2) is 26.3 Å². The van der Waals surface area contributed by atoms with Crippen LogP contribution < -0.4 is 0 Å². The predicted molar refractivity (Wildman–Crippen MR) is 123 cm³/mol. The van der Waals surface area contributed by atoms with E-state index < -0.39 is 8.32 Å². The number of nitrogens with zero attached hydrogens (tertiary/aromatic N) is 1. The van der Waals surface area contributed by atoms with Gasteiger partial charge in [0.1, 0.15) is 0 Å². The third-order valence-corrected chi connectivity index (χ3v) is 10.8. The van der Waals surface area contributed by atoms with Gasteiger partial charge >= 0.3 is 0 Å². The van der Waals surface area contributed by atoms with Crippen molar-refractivity contribution in [2.24, 2.45) is 0 Å². The third-order valence-electron chi connectivity index (χ3n) is 5.83. The van der Waals surface area contributed by atoms with Crippen molar-refractivity contribution in [2.75, 3.05) is 7.05 Å². The summed E-state index contributed by atoms with van der Waals surface area (Å²) in [6.45, 7) is 14.8. The molecular formula is C23H34BrNOSi. The van der Waals surface area contributed by atoms with Gasteiger partial charge in [-0.05, 0) is 55.4 Å². The van der Waals surface area contributed by atoms with E-state index in [9.17, 15) is 0 Å². The molecule has 4 heteroatoms. The number of halogens is 1. The van der Waals surface area contributed by atoms with Gasteiger partial charge in [-0.25, -0.2) is 0 Å². The van der Waals surface area contributed by atoms with Gasteiger partial charge in [-0.1, -0.05) is 79.2 Å². The standard InChI is InChI=1S/C23H34BrNOSi/c1-18(25(5)17-19-13-15-21(24)16-14-19)22(20-11-9-8-10-12-20)26-27(6,7)23(2,3)4/h8-16,18,22H,17H2,1-7H3/t18-,22-/m0/s1. The second-order valence-corrected chi connectivity index (χ2v) is 14.7. The first-order valence-corrected chi connectivity index (χ1v) is 13.4. The molecule has 0 aromatic heterocycles. The highest BCUT2D eigenvalue weighted by molar-refractivity contribution is 9.10. The van der Waals surface area contributed by atoms with Gasteiger partial charge in [0.25, 0.3) is 0 Å². The molecule has 2 atom stereocenters. The minimum absolute atomic E-state index is 0.0625. The van der Waals surface area contributed by atoms with E-state index >= 15 is 0 Å². The summed E-state index contributed by atoms with van der Waals surface area (Å²) in [6, 6.07) is 19.5. The van der Waals surface area contributed by atoms with Gasteiger partial charge in [-0.2, -0.15) is 0 Å². The van der Waals surface area contributed by atoms with Gasteiger partial charge in [0.2, 0.25) is 0 Å². The van der Waals surface area contributed by atoms with E-state index in [1.807, 2.05) is 0 Å². The quantitative estimate of drug-likeness (QED) is 0.422. The zero-order valence-electron chi connectivity index (χ0n) is 17.8. The molecule has 0 aliphatic rings. The molecule has 0 saturated carbocycles. The van der Waals surface area contributed by atoms with Crippen LogP contribution in [0.4, 0.5) is 0 Å². The predicted octanol–water partition coefficient (Wildman–Crippen LogP) is 7.03. The Morgan fingerprint density at radius 3 is 2.07 bits per heavy atom. The van der Waals surface area contributed by atoms with Gasteiger partial charge in [0.05, 0.1) is 6.10 Å². The van der Waals surface area contributed by atoms with Crippen LogP contribution in [-0.2, 0) is 11.0 Å². The Labute approximate surface area is 175 Å². The maximum absolute atomic E-state index is 6.92. The SMILES string of the molecule is C[C@@H]([C@H](O[Si](C)(C)C(C)(C)C)c1ccccc1)N(C)Cc1ccc(Br)cc1. The minimum Gasteiger partial charge on any atom is -0.408 e. The summed E-state index contributed by atoms with van der Waals surface area (Å²) in [5, 5.41) is 0.185. The molecule has 0 fully saturated rings. The fraction of sp³-hybridized carbons (Fsp3) is 0.478. The van der Waals surface area contributed by atoms with Crippen LogP contribution in [0.3, 0.4) is 0 Å². The van der Waals surface area contributed by atoms with Gasteiger partial charge in [0.15, 0.2) is 8.32 Å². The molecule has 0 heterocycles. The second-order valence-electron chi connectivity index (χ2n) is 8.99. The van der Waals surface area contributed by atoms with E-state index in [1.165, 1.54) is 11.1 Å². The molecule has 0 radical (unpaired) electrons. The lowest BCUT2D eigenvalue weighted by Gasteiger charge is -2.43. The molecule has 2 rings (SSSR count). The molecule has 0 spiro atoms. The number of hydrogen-bond donors (Lipinski definition) is 0. The summed E-state index contributed by atoms with van der Waals surface area (Å²) in [6.07, 6.45) is 0.0625. The fourth-order valence-corrected chi connectivity index (χ4v) is 4.42. The summed E-state index contributed by atoms with van der Waals surface area (Å²) < 4.78 is 8.03. The summed E-state index contributed by atoms with van der Waals surface area (Å²) in [5.74, 6) is 0. The molecule has 0 aliphatic heterocycles. The summed E-state index contributed by atoms with van der Waals surface area (Å²) in [4.78, 5) is 2.40. The lowest BCUT2D eigenvalue weighted by Crippen LogP contribution is -2.46. The Kier molecular flexibility index (Phi) is 7.48. The Balaban J connectivity index is 2.25. The van der Waals surface area contributed by atoms with Crippen LogP contribution in [0.1, 0.15) is 44.9 Å². The molecular weight excluding hydrogens is 414 g/mol. The van der Waals surface area contributed by atoms with Crippen molar-refractivity contribution in [3.8, 4) is 0 Å². The van der Waals surface area contributed by atoms with E-state index in [0.29, 0.717) is 0 Å². The van der Waals surface area contributed by atoms with Crippen molar-refractivity contribution in [3.63, 3.8) is 0 Å². The molecule has 0 saturated heterocycles. The van der Waals surface area contributed by atoms with Gasteiger partial charge in [-0.3, -0.25) is 4.90 Å². The van der Waals surface area contributed by atoms with E-state index in [0.717, 1.165) is 11.0 Å². The van der Waals surface area contributed by atoms with Crippen LogP contribution in [0.5, 0.6) is 0 Å². The van der Waals surface area contributed by atoms with Crippen molar-refractivity contribution in [2.45, 2.75) is 64.5 Å². The molecule has 148 valence electrons. The number of hydrogen-bond acceptors (Lipinski definition) is 2. The van der Waals surface area contributed by atoms with E-state index in [1.54, 1.807) is 0 Å². The van der Waals surface area contributed by atoms with Crippen LogP contribution in [0.2, 0.25) is 18.1 Å². The first-order valence-electron chi connectivity index (χ1n) is 9.69. The van der Waals surface area contributed by atoms with E-state index in [-0.39, 0.29) is 17.2 Å². The lowest BCUT2D eigenvalue weighted by molar-refractivity contribution is 0.0767. The molecule has 0 bridgehead atoms. The van der Waals surface area contributed by atoms with Crippen LogP contribution in [0.15, 0.2) is 59.1 Å². The summed E-state index contributed by atoms with van der Waals surface area (Å²) in [5.41, 5.74) is 2.57.